The minimum atomic E-state index is 0.924. The highest BCUT2D eigenvalue weighted by Crippen LogP contribution is 2.42. The lowest BCUT2D eigenvalue weighted by Crippen LogP contribution is -1.46. The van der Waals surface area contributed by atoms with Crippen molar-refractivity contribution >= 4 is 24.5 Å². The highest BCUT2D eigenvalue weighted by atomic mass is 79.9. The van der Waals surface area contributed by atoms with Gasteiger partial charge in [0.15, 0.2) is 0 Å². The van der Waals surface area contributed by atoms with Crippen LogP contribution in [0, 0.1) is 0 Å². The van der Waals surface area contributed by atoms with Crippen molar-refractivity contribution in [2.45, 2.75) is 4.57 Å². The van der Waals surface area contributed by atoms with Crippen molar-refractivity contribution in [1.29, 1.82) is 0 Å². The summed E-state index contributed by atoms with van der Waals surface area (Å²) in [7, 11) is 1.22. The van der Waals surface area contributed by atoms with Crippen molar-refractivity contribution in [1.82, 2.24) is 0 Å². The van der Waals surface area contributed by atoms with E-state index in [1.807, 2.05) is 0 Å². The highest BCUT2D eigenvalue weighted by Gasteiger charge is 2.14. The van der Waals surface area contributed by atoms with Crippen molar-refractivity contribution in [2.75, 3.05) is 6.16 Å². The summed E-state index contributed by atoms with van der Waals surface area (Å²) in [5.74, 6) is 0. The molecule has 2 unspecified atom stereocenters. The number of hydrogen-bond acceptors (Lipinski definition) is 0. The van der Waals surface area contributed by atoms with E-state index >= 15 is 0 Å². The predicted octanol–water partition coefficient (Wildman–Crippen LogP) is 1.40. The van der Waals surface area contributed by atoms with Crippen LogP contribution in [0.4, 0.5) is 0 Å². The Morgan fingerprint density at radius 2 is 2.25 bits per heavy atom. The van der Waals surface area contributed by atoms with E-state index in [9.17, 15) is 0 Å². The average molecular weight is 139 g/mol. The maximum absolute atomic E-state index is 3.39. The molecule has 1 aliphatic rings. The van der Waals surface area contributed by atoms with Gasteiger partial charge in [0.2, 0.25) is 0 Å². The van der Waals surface area contributed by atoms with E-state index < -0.39 is 0 Å². The Labute approximate surface area is 35.9 Å². The van der Waals surface area contributed by atoms with Gasteiger partial charge in [-0.25, -0.2) is 0 Å². The van der Waals surface area contributed by atoms with Gasteiger partial charge in [0.25, 0.3) is 0 Å². The van der Waals surface area contributed by atoms with Gasteiger partial charge in [0.05, 0.1) is 0 Å². The van der Waals surface area contributed by atoms with Crippen molar-refractivity contribution in [3.05, 3.63) is 0 Å². The molecular weight excluding hydrogens is 135 g/mol. The monoisotopic (exact) mass is 138 g/mol. The highest BCUT2D eigenvalue weighted by molar-refractivity contribution is 9.11. The Morgan fingerprint density at radius 3 is 2.25 bits per heavy atom. The van der Waals surface area contributed by atoms with Crippen molar-refractivity contribution in [3.8, 4) is 0 Å². The molecule has 1 fully saturated rings. The van der Waals surface area contributed by atoms with Gasteiger partial charge in [0.1, 0.15) is 0 Å². The Morgan fingerprint density at radius 1 is 2.00 bits per heavy atom. The Balaban J connectivity index is 2.17. The Hall–Kier alpha value is 0.910. The standard InChI is InChI=1S/C2H4BrP/c3-2-1-4-2/h2,4H,1H2. The molecule has 24 valence electrons. The Kier molecular flexibility index (Phi) is 0.738. The molecule has 0 bridgehead atoms. The zero-order valence-electron chi connectivity index (χ0n) is 2.16. The average Bonchev–Trinajstić information content (AvgIpc) is 1.75. The van der Waals surface area contributed by atoms with E-state index in [1.165, 1.54) is 14.7 Å². The van der Waals surface area contributed by atoms with Crippen molar-refractivity contribution < 1.29 is 0 Å². The molecule has 0 spiro atoms. The van der Waals surface area contributed by atoms with Crippen LogP contribution in [0.15, 0.2) is 0 Å². The van der Waals surface area contributed by atoms with Crippen LogP contribution in [0.3, 0.4) is 0 Å². The molecule has 0 nitrogen and oxygen atoms in total. The second-order valence-corrected chi connectivity index (χ2v) is 4.34. The summed E-state index contributed by atoms with van der Waals surface area (Å²) in [5, 5.41) is 0. The minimum Gasteiger partial charge on any atom is -0.106 e. The first-order chi connectivity index (χ1) is 1.89. The second kappa shape index (κ2) is 0.948. The van der Waals surface area contributed by atoms with E-state index in [-0.39, 0.29) is 0 Å². The van der Waals surface area contributed by atoms with Gasteiger partial charge < -0.3 is 0 Å². The molecule has 0 amide bonds. The van der Waals surface area contributed by atoms with Crippen molar-refractivity contribution in [2.24, 2.45) is 0 Å². The van der Waals surface area contributed by atoms with Crippen LogP contribution in [-0.2, 0) is 0 Å². The maximum Gasteiger partial charge on any atom is 0.0354 e. The normalized spacial score (nSPS) is 45.8. The molecule has 2 heteroatoms. The quantitative estimate of drug-likeness (QED) is 0.351. The molecule has 0 aromatic rings. The second-order valence-electron chi connectivity index (χ2n) is 0.876. The molecule has 0 aliphatic carbocycles. The molecule has 0 radical (unpaired) electrons. The summed E-state index contributed by atoms with van der Waals surface area (Å²) in [6, 6.07) is 0. The molecular formula is C2H4BrP. The molecule has 2 atom stereocenters. The zero-order valence-corrected chi connectivity index (χ0v) is 4.75. The summed E-state index contributed by atoms with van der Waals surface area (Å²) in [5.41, 5.74) is 0. The van der Waals surface area contributed by atoms with Crippen LogP contribution in [0.25, 0.3) is 0 Å². The molecule has 1 rings (SSSR count). The molecule has 0 saturated carbocycles. The molecule has 1 saturated heterocycles. The minimum absolute atomic E-state index is 0.924. The topological polar surface area (TPSA) is 0 Å². The Bertz CT molecular complexity index is 25.2. The largest absolute Gasteiger partial charge is 0.106 e. The lowest BCUT2D eigenvalue weighted by atomic mass is 11.0. The van der Waals surface area contributed by atoms with Crippen LogP contribution in [0.1, 0.15) is 0 Å². The van der Waals surface area contributed by atoms with E-state index in [0.717, 1.165) is 4.57 Å². The fourth-order valence-corrected chi connectivity index (χ4v) is 0.694. The van der Waals surface area contributed by atoms with Crippen LogP contribution in [0.5, 0.6) is 0 Å². The first-order valence-corrected chi connectivity index (χ1v) is 3.47. The van der Waals surface area contributed by atoms with Gasteiger partial charge in [-0.2, -0.15) is 0 Å². The van der Waals surface area contributed by atoms with Gasteiger partial charge in [0, 0.05) is 4.57 Å². The third-order valence-corrected chi connectivity index (χ3v) is 3.02. The van der Waals surface area contributed by atoms with Gasteiger partial charge >= 0.3 is 0 Å². The summed E-state index contributed by atoms with van der Waals surface area (Å²) < 4.78 is 0.924. The lowest BCUT2D eigenvalue weighted by Gasteiger charge is -1.50. The third kappa shape index (κ3) is 0.694. The maximum atomic E-state index is 3.39. The van der Waals surface area contributed by atoms with Gasteiger partial charge in [-0.15, -0.1) is 8.58 Å². The summed E-state index contributed by atoms with van der Waals surface area (Å²) in [6.45, 7) is 0. The molecule has 4 heavy (non-hydrogen) atoms. The van der Waals surface area contributed by atoms with Gasteiger partial charge in [-0.3, -0.25) is 0 Å². The first kappa shape index (κ1) is 3.11. The summed E-state index contributed by atoms with van der Waals surface area (Å²) >= 11 is 3.39. The molecule has 0 aromatic heterocycles. The summed E-state index contributed by atoms with van der Waals surface area (Å²) in [6.07, 6.45) is 1.43. The fraction of sp³-hybridized carbons (Fsp3) is 1.00. The summed E-state index contributed by atoms with van der Waals surface area (Å²) in [4.78, 5) is 0. The SMILES string of the molecule is BrC1CP1. The van der Waals surface area contributed by atoms with E-state index in [1.54, 1.807) is 0 Å². The van der Waals surface area contributed by atoms with Crippen molar-refractivity contribution in [3.63, 3.8) is 0 Å². The van der Waals surface area contributed by atoms with Gasteiger partial charge in [-0.05, 0) is 6.16 Å². The zero-order chi connectivity index (χ0) is 2.99. The van der Waals surface area contributed by atoms with E-state index in [0.29, 0.717) is 0 Å². The smallest absolute Gasteiger partial charge is 0.0354 e. The lowest BCUT2D eigenvalue weighted by molar-refractivity contribution is 1.67. The number of alkyl halides is 1. The molecule has 1 aliphatic heterocycles. The van der Waals surface area contributed by atoms with Gasteiger partial charge in [-0.1, -0.05) is 15.9 Å². The third-order valence-electron chi connectivity index (χ3n) is 0.358. The van der Waals surface area contributed by atoms with E-state index in [2.05, 4.69) is 15.9 Å². The van der Waals surface area contributed by atoms with Crippen LogP contribution < -0.4 is 0 Å². The molecule has 0 N–H and O–H groups in total. The number of halogens is 1. The fourth-order valence-electron chi connectivity index (χ4n) is 0.0445. The van der Waals surface area contributed by atoms with Crippen LogP contribution in [0.2, 0.25) is 0 Å². The predicted molar refractivity (Wildman–Crippen MR) is 25.9 cm³/mol. The number of hydrogen-bond donors (Lipinski definition) is 0. The molecule has 0 aromatic carbocycles. The van der Waals surface area contributed by atoms with Crippen LogP contribution >= 0.6 is 24.5 Å². The van der Waals surface area contributed by atoms with E-state index in [4.69, 9.17) is 0 Å². The molecule has 1 heterocycles. The van der Waals surface area contributed by atoms with Crippen LogP contribution in [-0.4, -0.2) is 10.7 Å². The number of rotatable bonds is 0. The first-order valence-electron chi connectivity index (χ1n) is 1.27.